The van der Waals surface area contributed by atoms with Crippen LogP contribution in [0.3, 0.4) is 0 Å². The molecule has 4 nitrogen and oxygen atoms in total. The zero-order valence-corrected chi connectivity index (χ0v) is 16.0. The number of hydrogen-bond donors (Lipinski definition) is 0. The molecule has 0 aliphatic carbocycles. The smallest absolute Gasteiger partial charge is 0.187 e. The third-order valence-corrected chi connectivity index (χ3v) is 6.05. The Morgan fingerprint density at radius 1 is 1.00 bits per heavy atom. The summed E-state index contributed by atoms with van der Waals surface area (Å²) in [5, 5.41) is 0.830. The molecule has 0 unspecified atom stereocenters. The van der Waals surface area contributed by atoms with Gasteiger partial charge in [0.2, 0.25) is 0 Å². The SMILES string of the molecule is CSc1ncc(CN2C[C@H]3CC[C@@H]2CN(Cc2ccc(F)cc2)C3)cn1. The summed E-state index contributed by atoms with van der Waals surface area (Å²) < 4.78 is 13.1. The highest BCUT2D eigenvalue weighted by molar-refractivity contribution is 7.98. The lowest BCUT2D eigenvalue weighted by atomic mass is 9.95. The normalized spacial score (nSPS) is 23.9. The lowest BCUT2D eigenvalue weighted by Crippen LogP contribution is -2.43. The van der Waals surface area contributed by atoms with Crippen molar-refractivity contribution in [2.24, 2.45) is 5.92 Å². The number of piperidine rings is 1. The fraction of sp³-hybridized carbons (Fsp3) is 0.500. The van der Waals surface area contributed by atoms with Crippen LogP contribution in [0.15, 0.2) is 41.8 Å². The van der Waals surface area contributed by atoms with Crippen LogP contribution in [-0.2, 0) is 13.1 Å². The van der Waals surface area contributed by atoms with E-state index in [0.717, 1.165) is 37.9 Å². The monoisotopic (exact) mass is 372 g/mol. The van der Waals surface area contributed by atoms with Gasteiger partial charge in [0.15, 0.2) is 5.16 Å². The summed E-state index contributed by atoms with van der Waals surface area (Å²) in [5.74, 6) is 0.547. The lowest BCUT2D eigenvalue weighted by molar-refractivity contribution is 0.123. The summed E-state index contributed by atoms with van der Waals surface area (Å²) in [5.41, 5.74) is 2.39. The summed E-state index contributed by atoms with van der Waals surface area (Å²) in [4.78, 5) is 14.0. The second-order valence-corrected chi connectivity index (χ2v) is 8.20. The Bertz CT molecular complexity index is 722. The number of hydrogen-bond acceptors (Lipinski definition) is 5. The number of thioether (sulfide) groups is 1. The standard InChI is InChI=1S/C20H25FN4S/c1-26-20-22-8-17(9-23-20)13-25-12-16-4-7-19(25)14-24(11-16)10-15-2-5-18(21)6-3-15/h2-3,5-6,8-9,16,19H,4,7,10-14H2,1H3/t16-,19+/m0/s1. The molecule has 0 radical (unpaired) electrons. The van der Waals surface area contributed by atoms with Gasteiger partial charge >= 0.3 is 0 Å². The number of halogens is 1. The van der Waals surface area contributed by atoms with Crippen molar-refractivity contribution in [1.29, 1.82) is 0 Å². The summed E-state index contributed by atoms with van der Waals surface area (Å²) in [6, 6.07) is 7.52. The number of aromatic nitrogens is 2. The number of nitrogens with zero attached hydrogens (tertiary/aromatic N) is 4. The van der Waals surface area contributed by atoms with E-state index in [1.54, 1.807) is 23.9 Å². The minimum atomic E-state index is -0.162. The number of benzene rings is 1. The zero-order chi connectivity index (χ0) is 17.9. The third kappa shape index (κ3) is 4.24. The Morgan fingerprint density at radius 2 is 1.77 bits per heavy atom. The van der Waals surface area contributed by atoms with E-state index in [4.69, 9.17) is 0 Å². The second kappa shape index (κ2) is 8.03. The molecule has 0 amide bonds. The summed E-state index contributed by atoms with van der Waals surface area (Å²) in [6.07, 6.45) is 8.50. The molecule has 3 fully saturated rings. The molecule has 2 atom stereocenters. The second-order valence-electron chi connectivity index (χ2n) is 7.43. The van der Waals surface area contributed by atoms with Crippen LogP contribution >= 0.6 is 11.8 Å². The molecular weight excluding hydrogens is 347 g/mol. The van der Waals surface area contributed by atoms with Crippen molar-refractivity contribution >= 4 is 11.8 Å². The van der Waals surface area contributed by atoms with E-state index in [2.05, 4.69) is 19.8 Å². The Labute approximate surface area is 158 Å². The molecule has 138 valence electrons. The van der Waals surface area contributed by atoms with E-state index in [1.165, 1.54) is 24.0 Å². The van der Waals surface area contributed by atoms with Crippen LogP contribution in [0, 0.1) is 11.7 Å². The quantitative estimate of drug-likeness (QED) is 0.593. The maximum absolute atomic E-state index is 13.1. The summed E-state index contributed by atoms with van der Waals surface area (Å²) in [7, 11) is 0. The van der Waals surface area contributed by atoms with Crippen LogP contribution in [-0.4, -0.2) is 51.7 Å². The van der Waals surface area contributed by atoms with Crippen LogP contribution in [0.2, 0.25) is 0 Å². The minimum Gasteiger partial charge on any atom is -0.297 e. The molecule has 5 rings (SSSR count). The highest BCUT2D eigenvalue weighted by Gasteiger charge is 2.34. The van der Waals surface area contributed by atoms with Gasteiger partial charge in [0.25, 0.3) is 0 Å². The molecule has 0 saturated carbocycles. The van der Waals surface area contributed by atoms with Crippen molar-refractivity contribution < 1.29 is 4.39 Å². The molecule has 2 aromatic rings. The van der Waals surface area contributed by atoms with E-state index in [1.807, 2.05) is 30.8 Å². The zero-order valence-electron chi connectivity index (χ0n) is 15.1. The molecule has 1 aromatic heterocycles. The van der Waals surface area contributed by atoms with Crippen LogP contribution in [0.1, 0.15) is 24.0 Å². The molecule has 1 aromatic carbocycles. The van der Waals surface area contributed by atoms with Crippen molar-refractivity contribution in [3.8, 4) is 0 Å². The van der Waals surface area contributed by atoms with Crippen molar-refractivity contribution in [2.75, 3.05) is 25.9 Å². The van der Waals surface area contributed by atoms with Crippen LogP contribution < -0.4 is 0 Å². The molecule has 2 bridgehead atoms. The van der Waals surface area contributed by atoms with E-state index in [9.17, 15) is 4.39 Å². The van der Waals surface area contributed by atoms with Gasteiger partial charge in [-0.1, -0.05) is 23.9 Å². The van der Waals surface area contributed by atoms with Gasteiger partial charge in [-0.05, 0) is 42.7 Å². The number of fused-ring (bicyclic) bond motifs is 4. The van der Waals surface area contributed by atoms with Gasteiger partial charge in [-0.2, -0.15) is 0 Å². The molecule has 3 aliphatic heterocycles. The van der Waals surface area contributed by atoms with Crippen molar-refractivity contribution in [2.45, 2.75) is 37.1 Å². The summed E-state index contributed by atoms with van der Waals surface area (Å²) in [6.45, 7) is 5.20. The molecular formula is C20H25FN4S. The van der Waals surface area contributed by atoms with Gasteiger partial charge in [0, 0.05) is 56.7 Å². The van der Waals surface area contributed by atoms with Crippen LogP contribution in [0.25, 0.3) is 0 Å². The predicted octanol–water partition coefficient (Wildman–Crippen LogP) is 3.43. The first kappa shape index (κ1) is 17.9. The van der Waals surface area contributed by atoms with Crippen LogP contribution in [0.4, 0.5) is 4.39 Å². The highest BCUT2D eigenvalue weighted by atomic mass is 32.2. The van der Waals surface area contributed by atoms with Gasteiger partial charge in [0.1, 0.15) is 5.82 Å². The number of rotatable bonds is 5. The van der Waals surface area contributed by atoms with Gasteiger partial charge < -0.3 is 0 Å². The first-order chi connectivity index (χ1) is 12.7. The van der Waals surface area contributed by atoms with Gasteiger partial charge in [0.05, 0.1) is 0 Å². The topological polar surface area (TPSA) is 32.3 Å². The first-order valence-electron chi connectivity index (χ1n) is 9.25. The van der Waals surface area contributed by atoms with E-state index in [0.29, 0.717) is 12.0 Å². The van der Waals surface area contributed by atoms with E-state index >= 15 is 0 Å². The van der Waals surface area contributed by atoms with Crippen molar-refractivity contribution in [3.63, 3.8) is 0 Å². The highest BCUT2D eigenvalue weighted by Crippen LogP contribution is 2.30. The van der Waals surface area contributed by atoms with Gasteiger partial charge in [-0.3, -0.25) is 9.80 Å². The van der Waals surface area contributed by atoms with E-state index in [-0.39, 0.29) is 5.82 Å². The van der Waals surface area contributed by atoms with Crippen molar-refractivity contribution in [1.82, 2.24) is 19.8 Å². The Morgan fingerprint density at radius 3 is 2.50 bits per heavy atom. The molecule has 3 saturated heterocycles. The average Bonchev–Trinajstić information content (AvgIpc) is 2.95. The van der Waals surface area contributed by atoms with Crippen molar-refractivity contribution in [3.05, 3.63) is 53.6 Å². The maximum atomic E-state index is 13.1. The summed E-state index contributed by atoms with van der Waals surface area (Å²) >= 11 is 1.58. The Hall–Kier alpha value is -1.50. The molecule has 3 aliphatic rings. The third-order valence-electron chi connectivity index (χ3n) is 5.47. The van der Waals surface area contributed by atoms with Crippen LogP contribution in [0.5, 0.6) is 0 Å². The van der Waals surface area contributed by atoms with Gasteiger partial charge in [-0.15, -0.1) is 0 Å². The molecule has 0 spiro atoms. The molecule has 4 heterocycles. The Balaban J connectivity index is 1.41. The van der Waals surface area contributed by atoms with E-state index < -0.39 is 0 Å². The maximum Gasteiger partial charge on any atom is 0.187 e. The fourth-order valence-corrected chi connectivity index (χ4v) is 4.53. The fourth-order valence-electron chi connectivity index (χ4n) is 4.21. The molecule has 6 heteroatoms. The largest absolute Gasteiger partial charge is 0.297 e. The first-order valence-corrected chi connectivity index (χ1v) is 10.5. The Kier molecular flexibility index (Phi) is 5.52. The molecule has 0 N–H and O–H groups in total. The average molecular weight is 373 g/mol. The molecule has 26 heavy (non-hydrogen) atoms. The predicted molar refractivity (Wildman–Crippen MR) is 102 cm³/mol. The van der Waals surface area contributed by atoms with Gasteiger partial charge in [-0.25, -0.2) is 14.4 Å². The minimum absolute atomic E-state index is 0.162. The lowest BCUT2D eigenvalue weighted by Gasteiger charge is -2.36.